The molecule has 1 atom stereocenters. The fourth-order valence-corrected chi connectivity index (χ4v) is 3.76. The molecule has 35 heavy (non-hydrogen) atoms. The number of ether oxygens (including phenoxy) is 1. The van der Waals surface area contributed by atoms with E-state index < -0.39 is 47.0 Å². The Kier molecular flexibility index (Phi) is 6.74. The molecule has 4 rings (SSSR count). The maximum absolute atomic E-state index is 15.1. The van der Waals surface area contributed by atoms with Crippen molar-refractivity contribution in [2.75, 3.05) is 7.11 Å². The van der Waals surface area contributed by atoms with Crippen LogP contribution in [0, 0.1) is 11.6 Å². The van der Waals surface area contributed by atoms with Crippen LogP contribution in [0.1, 0.15) is 17.2 Å². The third-order valence-corrected chi connectivity index (χ3v) is 5.60. The zero-order valence-electron chi connectivity index (χ0n) is 18.7. The Labute approximate surface area is 198 Å². The number of benzene rings is 3. The van der Waals surface area contributed by atoms with E-state index in [1.165, 1.54) is 43.5 Å². The van der Waals surface area contributed by atoms with Crippen LogP contribution in [-0.2, 0) is 13.1 Å². The molecular formula is C25H22F2N4O4. The van der Waals surface area contributed by atoms with E-state index in [0.717, 1.165) is 4.57 Å². The number of nitrogens with two attached hydrogens (primary N) is 1. The van der Waals surface area contributed by atoms with Crippen molar-refractivity contribution in [1.29, 1.82) is 0 Å². The molecule has 8 nitrogen and oxygen atoms in total. The predicted molar refractivity (Wildman–Crippen MR) is 126 cm³/mol. The van der Waals surface area contributed by atoms with Gasteiger partial charge in [0, 0.05) is 11.6 Å². The van der Waals surface area contributed by atoms with Gasteiger partial charge in [-0.15, -0.1) is 0 Å². The molecule has 4 aromatic rings. The minimum absolute atomic E-state index is 0.0434. The average molecular weight is 480 g/mol. The fraction of sp³-hybridized carbons (Fsp3) is 0.160. The first-order valence-electron chi connectivity index (χ1n) is 10.7. The summed E-state index contributed by atoms with van der Waals surface area (Å²) < 4.78 is 36.4. The van der Waals surface area contributed by atoms with Gasteiger partial charge in [0.1, 0.15) is 5.82 Å². The first-order valence-corrected chi connectivity index (χ1v) is 10.7. The van der Waals surface area contributed by atoms with Crippen LogP contribution in [0.25, 0.3) is 5.69 Å². The molecule has 0 aliphatic rings. The molecule has 2 N–H and O–H groups in total. The highest BCUT2D eigenvalue weighted by atomic mass is 19.1. The van der Waals surface area contributed by atoms with Crippen LogP contribution < -0.4 is 27.5 Å². The minimum atomic E-state index is -1.13. The van der Waals surface area contributed by atoms with Crippen LogP contribution in [0.15, 0.2) is 87.2 Å². The lowest BCUT2D eigenvalue weighted by atomic mass is 10.1. The molecule has 1 heterocycles. The molecule has 0 spiro atoms. The maximum atomic E-state index is 15.1. The van der Waals surface area contributed by atoms with Gasteiger partial charge >= 0.3 is 17.1 Å². The molecule has 1 unspecified atom stereocenters. The molecule has 0 amide bonds. The third-order valence-electron chi connectivity index (χ3n) is 5.60. The highest BCUT2D eigenvalue weighted by Crippen LogP contribution is 2.21. The van der Waals surface area contributed by atoms with Crippen molar-refractivity contribution in [2.24, 2.45) is 5.73 Å². The van der Waals surface area contributed by atoms with Gasteiger partial charge < -0.3 is 10.5 Å². The molecule has 0 bridgehead atoms. The molecule has 0 aliphatic carbocycles. The van der Waals surface area contributed by atoms with E-state index in [9.17, 15) is 18.8 Å². The van der Waals surface area contributed by atoms with Crippen LogP contribution in [0.3, 0.4) is 0 Å². The monoisotopic (exact) mass is 480 g/mol. The first kappa shape index (κ1) is 23.8. The number of nitrogens with zero attached hydrogens (tertiary/aromatic N) is 3. The summed E-state index contributed by atoms with van der Waals surface area (Å²) >= 11 is 0. The molecule has 0 fully saturated rings. The summed E-state index contributed by atoms with van der Waals surface area (Å²) in [5, 5.41) is 0. The second-order valence-corrected chi connectivity index (χ2v) is 7.78. The zero-order chi connectivity index (χ0) is 25.1. The van der Waals surface area contributed by atoms with Gasteiger partial charge in [-0.2, -0.15) is 0 Å². The Morgan fingerprint density at radius 1 is 0.829 bits per heavy atom. The summed E-state index contributed by atoms with van der Waals surface area (Å²) in [6.45, 7) is -0.776. The van der Waals surface area contributed by atoms with Gasteiger partial charge in [0.2, 0.25) is 0 Å². The van der Waals surface area contributed by atoms with Gasteiger partial charge in [-0.05, 0) is 23.8 Å². The summed E-state index contributed by atoms with van der Waals surface area (Å²) in [6.07, 6.45) is 0. The Hall–Kier alpha value is -4.31. The molecule has 0 radical (unpaired) electrons. The van der Waals surface area contributed by atoms with E-state index >= 15 is 4.39 Å². The summed E-state index contributed by atoms with van der Waals surface area (Å²) in [6, 6.07) is 17.5. The summed E-state index contributed by atoms with van der Waals surface area (Å²) in [5.41, 5.74) is 3.32. The van der Waals surface area contributed by atoms with Gasteiger partial charge in [0.05, 0.1) is 25.9 Å². The highest BCUT2D eigenvalue weighted by Gasteiger charge is 2.22. The van der Waals surface area contributed by atoms with Crippen molar-refractivity contribution < 1.29 is 13.5 Å². The summed E-state index contributed by atoms with van der Waals surface area (Å²) in [7, 11) is 1.24. The first-order chi connectivity index (χ1) is 16.8. The van der Waals surface area contributed by atoms with Crippen molar-refractivity contribution >= 4 is 0 Å². The molecule has 10 heteroatoms. The van der Waals surface area contributed by atoms with Crippen LogP contribution >= 0.6 is 0 Å². The van der Waals surface area contributed by atoms with Crippen molar-refractivity contribution in [3.8, 4) is 11.4 Å². The second kappa shape index (κ2) is 9.90. The van der Waals surface area contributed by atoms with E-state index in [1.54, 1.807) is 36.4 Å². The van der Waals surface area contributed by atoms with Crippen LogP contribution in [0.5, 0.6) is 5.75 Å². The van der Waals surface area contributed by atoms with Gasteiger partial charge in [0.25, 0.3) is 0 Å². The normalized spacial score (nSPS) is 11.9. The van der Waals surface area contributed by atoms with Crippen molar-refractivity contribution in [1.82, 2.24) is 13.7 Å². The number of hydrogen-bond acceptors (Lipinski definition) is 5. The minimum Gasteiger partial charge on any atom is -0.494 e. The Balaban J connectivity index is 1.97. The van der Waals surface area contributed by atoms with E-state index in [1.807, 2.05) is 0 Å². The second-order valence-electron chi connectivity index (χ2n) is 7.78. The van der Waals surface area contributed by atoms with Crippen LogP contribution in [0.2, 0.25) is 0 Å². The van der Waals surface area contributed by atoms with E-state index in [4.69, 9.17) is 10.5 Å². The number of halogens is 2. The van der Waals surface area contributed by atoms with Crippen molar-refractivity contribution in [3.63, 3.8) is 0 Å². The number of methoxy groups -OCH3 is 1. The molecule has 0 saturated carbocycles. The molecule has 3 aromatic carbocycles. The quantitative estimate of drug-likeness (QED) is 0.437. The van der Waals surface area contributed by atoms with E-state index in [2.05, 4.69) is 0 Å². The van der Waals surface area contributed by atoms with Crippen molar-refractivity contribution in [3.05, 3.63) is 127 Å². The van der Waals surface area contributed by atoms with Gasteiger partial charge in [-0.1, -0.05) is 54.6 Å². The number of rotatable bonds is 7. The average Bonchev–Trinajstić information content (AvgIpc) is 2.87. The molecule has 0 saturated heterocycles. The van der Waals surface area contributed by atoms with Crippen molar-refractivity contribution in [2.45, 2.75) is 19.1 Å². The van der Waals surface area contributed by atoms with Crippen LogP contribution in [-0.4, -0.2) is 20.8 Å². The Bertz CT molecular complexity index is 1540. The lowest BCUT2D eigenvalue weighted by Crippen LogP contribution is -2.55. The smallest absolute Gasteiger partial charge is 0.341 e. The van der Waals surface area contributed by atoms with Crippen LogP contribution in [0.4, 0.5) is 8.78 Å². The van der Waals surface area contributed by atoms with E-state index in [-0.39, 0.29) is 17.9 Å². The highest BCUT2D eigenvalue weighted by molar-refractivity contribution is 5.41. The topological polar surface area (TPSA) is 101 Å². The summed E-state index contributed by atoms with van der Waals surface area (Å²) in [4.78, 5) is 40.0. The largest absolute Gasteiger partial charge is 0.494 e. The SMILES string of the molecule is COc1cccc(-n2c(=O)n(Cc3ccccc3F)c(=O)n(CC(N)c3ccccc3)c2=O)c1F. The summed E-state index contributed by atoms with van der Waals surface area (Å²) in [5.74, 6) is -1.81. The number of aromatic nitrogens is 3. The fourth-order valence-electron chi connectivity index (χ4n) is 3.76. The van der Waals surface area contributed by atoms with Gasteiger partial charge in [0.15, 0.2) is 11.6 Å². The maximum Gasteiger partial charge on any atom is 0.341 e. The van der Waals surface area contributed by atoms with E-state index in [0.29, 0.717) is 14.7 Å². The predicted octanol–water partition coefficient (Wildman–Crippen LogP) is 2.20. The standard InChI is InChI=1S/C25H22F2N4O4/c1-35-21-13-7-12-20(22(21)27)31-24(33)29(14-17-10-5-6-11-18(17)26)23(32)30(25(31)34)15-19(28)16-8-3-2-4-9-16/h2-13,19H,14-15,28H2,1H3. The zero-order valence-corrected chi connectivity index (χ0v) is 18.7. The Morgan fingerprint density at radius 3 is 2.17 bits per heavy atom. The van der Waals surface area contributed by atoms with Gasteiger partial charge in [-0.25, -0.2) is 36.9 Å². The molecule has 0 aliphatic heterocycles. The molecular weight excluding hydrogens is 458 g/mol. The number of hydrogen-bond donors (Lipinski definition) is 1. The lowest BCUT2D eigenvalue weighted by molar-refractivity contribution is 0.384. The molecule has 180 valence electrons. The van der Waals surface area contributed by atoms with Gasteiger partial charge in [-0.3, -0.25) is 0 Å². The molecule has 1 aromatic heterocycles. The Morgan fingerprint density at radius 2 is 1.49 bits per heavy atom. The third kappa shape index (κ3) is 4.56. The lowest BCUT2D eigenvalue weighted by Gasteiger charge is -2.18.